The Hall–Kier alpha value is -2.77. The van der Waals surface area contributed by atoms with Crippen LogP contribution < -0.4 is 27.4 Å². The van der Waals surface area contributed by atoms with Crippen LogP contribution in [0.25, 0.3) is 0 Å². The number of rotatable bonds is 15. The highest BCUT2D eigenvalue weighted by atomic mass is 16.4. The van der Waals surface area contributed by atoms with Crippen LogP contribution in [-0.2, 0) is 24.0 Å². The molecule has 0 aliphatic rings. The predicted octanol–water partition coefficient (Wildman–Crippen LogP) is -2.75. The molecule has 0 fully saturated rings. The summed E-state index contributed by atoms with van der Waals surface area (Å²) < 4.78 is 0. The predicted molar refractivity (Wildman–Crippen MR) is 109 cm³/mol. The fourth-order valence-electron chi connectivity index (χ4n) is 2.52. The lowest BCUT2D eigenvalue weighted by Gasteiger charge is -2.25. The molecule has 10 N–H and O–H groups in total. The highest BCUT2D eigenvalue weighted by Crippen LogP contribution is 2.06. The van der Waals surface area contributed by atoms with Crippen LogP contribution in [0.2, 0.25) is 0 Å². The van der Waals surface area contributed by atoms with Crippen LogP contribution in [0.4, 0.5) is 0 Å². The van der Waals surface area contributed by atoms with E-state index in [0.717, 1.165) is 0 Å². The average Bonchev–Trinajstić information content (AvgIpc) is 2.67. The Bertz CT molecular complexity index is 640. The Morgan fingerprint density at radius 2 is 1.35 bits per heavy atom. The van der Waals surface area contributed by atoms with Crippen LogP contribution in [0.1, 0.15) is 46.0 Å². The van der Waals surface area contributed by atoms with Crippen molar-refractivity contribution in [2.75, 3.05) is 6.54 Å². The van der Waals surface area contributed by atoms with Gasteiger partial charge in [-0.15, -0.1) is 0 Å². The summed E-state index contributed by atoms with van der Waals surface area (Å²) >= 11 is 0. The molecule has 0 aromatic carbocycles. The molecule has 0 rings (SSSR count). The van der Waals surface area contributed by atoms with Gasteiger partial charge in [-0.25, -0.2) is 4.79 Å². The molecule has 0 radical (unpaired) electrons. The van der Waals surface area contributed by atoms with E-state index in [0.29, 0.717) is 19.4 Å². The summed E-state index contributed by atoms with van der Waals surface area (Å²) in [4.78, 5) is 59.2. The van der Waals surface area contributed by atoms with Gasteiger partial charge in [0.25, 0.3) is 0 Å². The quantitative estimate of drug-likeness (QED) is 0.120. The van der Waals surface area contributed by atoms with Crippen LogP contribution in [0, 0.1) is 0 Å². The molecule has 0 heterocycles. The van der Waals surface area contributed by atoms with Gasteiger partial charge in [0.05, 0.1) is 12.1 Å². The molecule has 31 heavy (non-hydrogen) atoms. The van der Waals surface area contributed by atoms with Gasteiger partial charge in [-0.05, 0) is 46.1 Å². The molecule has 178 valence electrons. The van der Waals surface area contributed by atoms with Crippen molar-refractivity contribution in [1.29, 1.82) is 0 Å². The number of aliphatic carboxylic acids is 2. The Kier molecular flexibility index (Phi) is 13.0. The van der Waals surface area contributed by atoms with Crippen molar-refractivity contribution in [2.45, 2.75) is 76.2 Å². The highest BCUT2D eigenvalue weighted by molar-refractivity contribution is 5.94. The van der Waals surface area contributed by atoms with E-state index in [9.17, 15) is 29.1 Å². The molecule has 5 unspecified atom stereocenters. The maximum absolute atomic E-state index is 12.7. The fourth-order valence-corrected chi connectivity index (χ4v) is 2.52. The molecule has 13 heteroatoms. The molecule has 0 aliphatic heterocycles. The lowest BCUT2D eigenvalue weighted by Crippen LogP contribution is -2.58. The lowest BCUT2D eigenvalue weighted by molar-refractivity contribution is -0.145. The molecule has 0 spiro atoms. The van der Waals surface area contributed by atoms with Crippen LogP contribution >= 0.6 is 0 Å². The lowest BCUT2D eigenvalue weighted by atomic mass is 10.0. The number of carboxylic acid groups (broad SMARTS) is 2. The molecule has 3 amide bonds. The van der Waals surface area contributed by atoms with Crippen LogP contribution in [0.5, 0.6) is 0 Å². The van der Waals surface area contributed by atoms with Gasteiger partial charge < -0.3 is 42.7 Å². The van der Waals surface area contributed by atoms with Gasteiger partial charge in [0.2, 0.25) is 17.7 Å². The number of unbranched alkanes of at least 4 members (excludes halogenated alkanes) is 1. The summed E-state index contributed by atoms with van der Waals surface area (Å²) in [6, 6.07) is -5.02. The SMILES string of the molecule is CC(N)C(=O)NC(CCC(=O)O)C(=O)NC(CCCCN)C(=O)NC(C(=O)O)C(C)O. The van der Waals surface area contributed by atoms with E-state index in [1.807, 2.05) is 0 Å². The number of hydrogen-bond acceptors (Lipinski definition) is 8. The van der Waals surface area contributed by atoms with Crippen molar-refractivity contribution in [3.63, 3.8) is 0 Å². The van der Waals surface area contributed by atoms with Crippen molar-refractivity contribution in [3.05, 3.63) is 0 Å². The van der Waals surface area contributed by atoms with Crippen molar-refractivity contribution in [1.82, 2.24) is 16.0 Å². The zero-order valence-corrected chi connectivity index (χ0v) is 17.7. The zero-order valence-electron chi connectivity index (χ0n) is 17.7. The van der Waals surface area contributed by atoms with Gasteiger partial charge in [0.15, 0.2) is 6.04 Å². The average molecular weight is 447 g/mol. The second kappa shape index (κ2) is 14.3. The summed E-state index contributed by atoms with van der Waals surface area (Å²) in [6.07, 6.45) is -1.01. The van der Waals surface area contributed by atoms with Gasteiger partial charge in [-0.2, -0.15) is 0 Å². The van der Waals surface area contributed by atoms with Gasteiger partial charge in [-0.1, -0.05) is 0 Å². The van der Waals surface area contributed by atoms with Crippen molar-refractivity contribution in [2.24, 2.45) is 11.5 Å². The van der Waals surface area contributed by atoms with E-state index in [-0.39, 0.29) is 12.8 Å². The first-order valence-corrected chi connectivity index (χ1v) is 9.90. The first kappa shape index (κ1) is 28.2. The molecule has 0 aromatic rings. The van der Waals surface area contributed by atoms with Crippen molar-refractivity contribution in [3.8, 4) is 0 Å². The number of carbonyl (C=O) groups is 5. The van der Waals surface area contributed by atoms with E-state index in [2.05, 4.69) is 16.0 Å². The van der Waals surface area contributed by atoms with Crippen LogP contribution in [0.3, 0.4) is 0 Å². The molecule has 13 nitrogen and oxygen atoms in total. The Morgan fingerprint density at radius 1 is 0.839 bits per heavy atom. The van der Waals surface area contributed by atoms with Gasteiger partial charge in [0, 0.05) is 6.42 Å². The van der Waals surface area contributed by atoms with E-state index in [4.69, 9.17) is 21.7 Å². The number of nitrogens with two attached hydrogens (primary N) is 2. The van der Waals surface area contributed by atoms with Crippen LogP contribution in [-0.4, -0.2) is 81.8 Å². The second-order valence-electron chi connectivity index (χ2n) is 7.19. The largest absolute Gasteiger partial charge is 0.481 e. The summed E-state index contributed by atoms with van der Waals surface area (Å²) in [6.45, 7) is 2.90. The molecular formula is C18H33N5O8. The third-order valence-corrected chi connectivity index (χ3v) is 4.32. The van der Waals surface area contributed by atoms with E-state index in [1.54, 1.807) is 0 Å². The van der Waals surface area contributed by atoms with Gasteiger partial charge >= 0.3 is 11.9 Å². The maximum Gasteiger partial charge on any atom is 0.328 e. The second-order valence-corrected chi connectivity index (χ2v) is 7.19. The first-order valence-electron chi connectivity index (χ1n) is 9.90. The third-order valence-electron chi connectivity index (χ3n) is 4.32. The van der Waals surface area contributed by atoms with Crippen LogP contribution in [0.15, 0.2) is 0 Å². The monoisotopic (exact) mass is 447 g/mol. The minimum absolute atomic E-state index is 0.105. The Balaban J connectivity index is 5.45. The van der Waals surface area contributed by atoms with E-state index < -0.39 is 66.4 Å². The summed E-state index contributed by atoms with van der Waals surface area (Å²) in [5.41, 5.74) is 10.9. The van der Waals surface area contributed by atoms with E-state index >= 15 is 0 Å². The summed E-state index contributed by atoms with van der Waals surface area (Å²) in [7, 11) is 0. The number of aliphatic hydroxyl groups excluding tert-OH is 1. The van der Waals surface area contributed by atoms with Gasteiger partial charge in [-0.3, -0.25) is 19.2 Å². The molecule has 0 bridgehead atoms. The number of aliphatic hydroxyl groups is 1. The molecule has 0 saturated heterocycles. The van der Waals surface area contributed by atoms with Gasteiger partial charge in [0.1, 0.15) is 12.1 Å². The van der Waals surface area contributed by atoms with Crippen molar-refractivity contribution < 1.29 is 39.3 Å². The smallest absolute Gasteiger partial charge is 0.328 e. The summed E-state index contributed by atoms with van der Waals surface area (Å²) in [5, 5.41) is 34.5. The molecule has 5 atom stereocenters. The zero-order chi connectivity index (χ0) is 24.1. The normalized spacial score (nSPS) is 15.6. The minimum atomic E-state index is -1.60. The number of carbonyl (C=O) groups excluding carboxylic acids is 3. The third kappa shape index (κ3) is 11.3. The van der Waals surface area contributed by atoms with Crippen molar-refractivity contribution >= 4 is 29.7 Å². The fraction of sp³-hybridized carbons (Fsp3) is 0.722. The van der Waals surface area contributed by atoms with E-state index in [1.165, 1.54) is 13.8 Å². The Labute approximate surface area is 179 Å². The molecule has 0 aromatic heterocycles. The topological polar surface area (TPSA) is 234 Å². The standard InChI is InChI=1S/C18H33N5O8/c1-9(20)15(27)21-12(6-7-13(25)26)16(28)22-11(5-3-4-8-19)17(29)23-14(10(2)24)18(30)31/h9-12,14,24H,3-8,19-20H2,1-2H3,(H,21,27)(H,22,28)(H,23,29)(H,25,26)(H,30,31). The summed E-state index contributed by atoms with van der Waals surface area (Å²) in [5.74, 6) is -5.01. The number of carboxylic acids is 2. The number of amides is 3. The number of hydrogen-bond donors (Lipinski definition) is 8. The molecular weight excluding hydrogens is 414 g/mol. The first-order chi connectivity index (χ1) is 14.4. The minimum Gasteiger partial charge on any atom is -0.481 e. The number of nitrogens with one attached hydrogen (secondary N) is 3. The maximum atomic E-state index is 12.7. The molecule has 0 aliphatic carbocycles. The Morgan fingerprint density at radius 3 is 1.81 bits per heavy atom. The molecule has 0 saturated carbocycles. The highest BCUT2D eigenvalue weighted by Gasteiger charge is 2.31.